The van der Waals surface area contributed by atoms with E-state index >= 15 is 0 Å². The van der Waals surface area contributed by atoms with Gasteiger partial charge in [0.05, 0.1) is 12.1 Å². The van der Waals surface area contributed by atoms with Crippen LogP contribution in [0.15, 0.2) is 73.1 Å². The van der Waals surface area contributed by atoms with Gasteiger partial charge in [0.1, 0.15) is 11.7 Å². The van der Waals surface area contributed by atoms with E-state index in [0.29, 0.717) is 13.0 Å². The summed E-state index contributed by atoms with van der Waals surface area (Å²) >= 11 is 0. The molecule has 2 N–H and O–H groups in total. The third-order valence-electron chi connectivity index (χ3n) is 5.54. The first-order valence-electron chi connectivity index (χ1n) is 11.0. The number of benzene rings is 2. The zero-order valence-electron chi connectivity index (χ0n) is 18.4. The van der Waals surface area contributed by atoms with E-state index in [1.54, 1.807) is 0 Å². The molecule has 4 rings (SSSR count). The summed E-state index contributed by atoms with van der Waals surface area (Å²) in [5, 5.41) is 8.10. The highest BCUT2D eigenvalue weighted by Gasteiger charge is 2.24. The Morgan fingerprint density at radius 1 is 1.00 bits per heavy atom. The fourth-order valence-corrected chi connectivity index (χ4v) is 3.82. The van der Waals surface area contributed by atoms with Gasteiger partial charge < -0.3 is 15.0 Å². The minimum absolute atomic E-state index is 0.0225. The molecule has 0 aliphatic heterocycles. The fourth-order valence-electron chi connectivity index (χ4n) is 3.82. The first kappa shape index (κ1) is 21.6. The van der Waals surface area contributed by atoms with Gasteiger partial charge in [0, 0.05) is 25.4 Å². The van der Waals surface area contributed by atoms with E-state index in [0.717, 1.165) is 27.7 Å². The maximum absolute atomic E-state index is 12.8. The van der Waals surface area contributed by atoms with E-state index in [1.807, 2.05) is 91.3 Å². The van der Waals surface area contributed by atoms with Crippen LogP contribution in [-0.2, 0) is 22.4 Å². The van der Waals surface area contributed by atoms with Crippen LogP contribution >= 0.6 is 0 Å². The smallest absolute Gasteiger partial charge is 0.242 e. The minimum Gasteiger partial charge on any atom is -0.354 e. The van der Waals surface area contributed by atoms with Gasteiger partial charge in [-0.15, -0.1) is 0 Å². The fraction of sp³-hybridized carbons (Fsp3) is 0.269. The first-order chi connectivity index (χ1) is 15.5. The van der Waals surface area contributed by atoms with Gasteiger partial charge in [0.25, 0.3) is 0 Å². The van der Waals surface area contributed by atoms with Crippen molar-refractivity contribution in [3.63, 3.8) is 0 Å². The van der Waals surface area contributed by atoms with Crippen LogP contribution in [0.1, 0.15) is 25.1 Å². The van der Waals surface area contributed by atoms with Gasteiger partial charge in [0.15, 0.2) is 0 Å². The number of rotatable bonds is 8. The molecular formula is C26H28N4O2. The summed E-state index contributed by atoms with van der Waals surface area (Å²) in [4.78, 5) is 30.0. The standard InChI is InChI=1S/C26H28N4O2/c1-18(2)25(26(32)27-13-12-22-17-30-14-6-5-9-23(30)28-22)29-24(31)16-19-10-11-20-7-3-4-8-21(20)15-19/h3-11,14-15,17-18,25H,12-13,16H2,1-2H3,(H,27,32)(H,29,31). The van der Waals surface area contributed by atoms with E-state index in [-0.39, 0.29) is 24.2 Å². The molecule has 0 bridgehead atoms. The molecule has 164 valence electrons. The van der Waals surface area contributed by atoms with Crippen molar-refractivity contribution in [3.05, 3.63) is 84.3 Å². The predicted molar refractivity (Wildman–Crippen MR) is 126 cm³/mol. The molecule has 1 atom stereocenters. The minimum atomic E-state index is -0.580. The number of carbonyl (C=O) groups is 2. The highest BCUT2D eigenvalue weighted by Crippen LogP contribution is 2.16. The summed E-state index contributed by atoms with van der Waals surface area (Å²) in [6.45, 7) is 4.33. The zero-order valence-corrected chi connectivity index (χ0v) is 18.4. The molecule has 0 aliphatic carbocycles. The van der Waals surface area contributed by atoms with Crippen LogP contribution in [0.25, 0.3) is 16.4 Å². The quantitative estimate of drug-likeness (QED) is 0.451. The highest BCUT2D eigenvalue weighted by atomic mass is 16.2. The molecule has 2 amide bonds. The monoisotopic (exact) mass is 428 g/mol. The number of imidazole rings is 1. The first-order valence-corrected chi connectivity index (χ1v) is 11.0. The van der Waals surface area contributed by atoms with Crippen LogP contribution in [0.2, 0.25) is 0 Å². The molecule has 0 radical (unpaired) electrons. The SMILES string of the molecule is CC(C)C(NC(=O)Cc1ccc2ccccc2c1)C(=O)NCCc1cn2ccccc2n1. The molecule has 6 heteroatoms. The van der Waals surface area contributed by atoms with Crippen LogP contribution in [0.5, 0.6) is 0 Å². The molecule has 0 fully saturated rings. The largest absolute Gasteiger partial charge is 0.354 e. The van der Waals surface area contributed by atoms with E-state index in [2.05, 4.69) is 15.6 Å². The maximum Gasteiger partial charge on any atom is 0.242 e. The second-order valence-corrected chi connectivity index (χ2v) is 8.39. The van der Waals surface area contributed by atoms with E-state index < -0.39 is 6.04 Å². The lowest BCUT2D eigenvalue weighted by molar-refractivity contribution is -0.129. The van der Waals surface area contributed by atoms with E-state index in [1.165, 1.54) is 0 Å². The number of fused-ring (bicyclic) bond motifs is 2. The zero-order chi connectivity index (χ0) is 22.5. The number of hydrogen-bond donors (Lipinski definition) is 2. The van der Waals surface area contributed by atoms with Crippen LogP contribution in [0.4, 0.5) is 0 Å². The lowest BCUT2D eigenvalue weighted by Gasteiger charge is -2.21. The Labute approximate surface area is 187 Å². The predicted octanol–water partition coefficient (Wildman–Crippen LogP) is 3.53. The Bertz CT molecular complexity index is 1210. The van der Waals surface area contributed by atoms with Gasteiger partial charge in [-0.1, -0.05) is 62.4 Å². The molecule has 32 heavy (non-hydrogen) atoms. The molecular weight excluding hydrogens is 400 g/mol. The van der Waals surface area contributed by atoms with Crippen molar-refractivity contribution >= 4 is 28.2 Å². The van der Waals surface area contributed by atoms with Crippen molar-refractivity contribution in [3.8, 4) is 0 Å². The molecule has 2 heterocycles. The third kappa shape index (κ3) is 5.14. The lowest BCUT2D eigenvalue weighted by Crippen LogP contribution is -2.50. The second-order valence-electron chi connectivity index (χ2n) is 8.39. The van der Waals surface area contributed by atoms with Gasteiger partial charge in [-0.3, -0.25) is 9.59 Å². The molecule has 6 nitrogen and oxygen atoms in total. The number of pyridine rings is 1. The van der Waals surface area contributed by atoms with Gasteiger partial charge in [-0.25, -0.2) is 4.98 Å². The summed E-state index contributed by atoms with van der Waals surface area (Å²) in [6.07, 6.45) is 4.78. The highest BCUT2D eigenvalue weighted by molar-refractivity contribution is 5.89. The Balaban J connectivity index is 1.32. The Kier molecular flexibility index (Phi) is 6.50. The average Bonchev–Trinajstić information content (AvgIpc) is 3.20. The summed E-state index contributed by atoms with van der Waals surface area (Å²) in [7, 11) is 0. The molecule has 0 aliphatic rings. The van der Waals surface area contributed by atoms with Gasteiger partial charge in [-0.05, 0) is 34.4 Å². The van der Waals surface area contributed by atoms with E-state index in [4.69, 9.17) is 0 Å². The van der Waals surface area contributed by atoms with E-state index in [9.17, 15) is 9.59 Å². The van der Waals surface area contributed by atoms with Crippen molar-refractivity contribution in [1.82, 2.24) is 20.0 Å². The summed E-state index contributed by atoms with van der Waals surface area (Å²) in [5.41, 5.74) is 2.73. The van der Waals surface area contributed by atoms with Crippen molar-refractivity contribution in [2.75, 3.05) is 6.54 Å². The number of aromatic nitrogens is 2. The van der Waals surface area contributed by atoms with Crippen molar-refractivity contribution < 1.29 is 9.59 Å². The molecule has 1 unspecified atom stereocenters. The number of nitrogens with zero attached hydrogens (tertiary/aromatic N) is 2. The number of hydrogen-bond acceptors (Lipinski definition) is 3. The van der Waals surface area contributed by atoms with Crippen LogP contribution < -0.4 is 10.6 Å². The topological polar surface area (TPSA) is 75.5 Å². The van der Waals surface area contributed by atoms with Crippen LogP contribution in [-0.4, -0.2) is 33.8 Å². The van der Waals surface area contributed by atoms with Crippen molar-refractivity contribution in [2.24, 2.45) is 5.92 Å². The normalized spacial score (nSPS) is 12.2. The lowest BCUT2D eigenvalue weighted by atomic mass is 10.0. The molecule has 2 aromatic carbocycles. The molecule has 0 saturated carbocycles. The number of nitrogens with one attached hydrogen (secondary N) is 2. The Morgan fingerprint density at radius 3 is 2.56 bits per heavy atom. The Hall–Kier alpha value is -3.67. The van der Waals surface area contributed by atoms with Crippen molar-refractivity contribution in [1.29, 1.82) is 0 Å². The van der Waals surface area contributed by atoms with Gasteiger partial charge in [-0.2, -0.15) is 0 Å². The average molecular weight is 429 g/mol. The van der Waals surface area contributed by atoms with Gasteiger partial charge >= 0.3 is 0 Å². The summed E-state index contributed by atoms with van der Waals surface area (Å²) < 4.78 is 1.96. The van der Waals surface area contributed by atoms with Gasteiger partial charge in [0.2, 0.25) is 11.8 Å². The third-order valence-corrected chi connectivity index (χ3v) is 5.54. The molecule has 0 saturated heterocycles. The Morgan fingerprint density at radius 2 is 1.78 bits per heavy atom. The van der Waals surface area contributed by atoms with Crippen LogP contribution in [0.3, 0.4) is 0 Å². The van der Waals surface area contributed by atoms with Crippen LogP contribution in [0, 0.1) is 5.92 Å². The second kappa shape index (κ2) is 9.64. The molecule has 2 aromatic heterocycles. The molecule has 0 spiro atoms. The number of amides is 2. The maximum atomic E-state index is 12.8. The summed E-state index contributed by atoms with van der Waals surface area (Å²) in [5.74, 6) is -0.351. The summed E-state index contributed by atoms with van der Waals surface area (Å²) in [6, 6.07) is 19.3. The van der Waals surface area contributed by atoms with Crippen molar-refractivity contribution in [2.45, 2.75) is 32.7 Å². The molecule has 4 aromatic rings. The number of carbonyl (C=O) groups excluding carboxylic acids is 2.